The van der Waals surface area contributed by atoms with E-state index < -0.39 is 0 Å². The molecule has 1 aliphatic rings. The molecule has 2 heterocycles. The number of benzene rings is 2. The molecule has 0 unspecified atom stereocenters. The molecule has 1 amide bonds. The van der Waals surface area contributed by atoms with Crippen molar-refractivity contribution >= 4 is 22.8 Å². The number of pyridine rings is 1. The van der Waals surface area contributed by atoms with E-state index >= 15 is 0 Å². The average molecular weight is 388 g/mol. The van der Waals surface area contributed by atoms with E-state index in [0.717, 1.165) is 25.0 Å². The maximum Gasteiger partial charge on any atom is 0.256 e. The Morgan fingerprint density at radius 1 is 1.10 bits per heavy atom. The van der Waals surface area contributed by atoms with Crippen molar-refractivity contribution in [3.8, 4) is 0 Å². The summed E-state index contributed by atoms with van der Waals surface area (Å²) in [6.45, 7) is 1.75. The largest absolute Gasteiger partial charge is 0.376 e. The zero-order valence-corrected chi connectivity index (χ0v) is 16.2. The zero-order chi connectivity index (χ0) is 20.1. The van der Waals surface area contributed by atoms with Crippen LogP contribution in [0, 0.1) is 0 Å². The highest BCUT2D eigenvalue weighted by molar-refractivity contribution is 6.06. The summed E-state index contributed by atoms with van der Waals surface area (Å²) in [7, 11) is 0. The molecule has 0 saturated carbocycles. The van der Waals surface area contributed by atoms with Gasteiger partial charge in [-0.2, -0.15) is 0 Å². The molecule has 1 N–H and O–H groups in total. The van der Waals surface area contributed by atoms with E-state index in [9.17, 15) is 9.59 Å². The van der Waals surface area contributed by atoms with Crippen molar-refractivity contribution in [2.75, 3.05) is 19.7 Å². The molecule has 1 aliphatic heterocycles. The van der Waals surface area contributed by atoms with Crippen LogP contribution in [0.1, 0.15) is 28.8 Å². The molecule has 1 aromatic heterocycles. The fourth-order valence-corrected chi connectivity index (χ4v) is 3.71. The van der Waals surface area contributed by atoms with Gasteiger partial charge in [-0.05, 0) is 24.5 Å². The maximum atomic E-state index is 13.4. The van der Waals surface area contributed by atoms with Crippen LogP contribution in [0.4, 0.5) is 0 Å². The Bertz CT molecular complexity index is 1070. The third-order valence-electron chi connectivity index (χ3n) is 5.21. The Kier molecular flexibility index (Phi) is 5.86. The standard InChI is InChI=1S/C24H24N2O3/c27-23-21-13-5-4-12-20(21)22(16-25-23)24(28)26(17-19-11-7-15-29-19)14-6-10-18-8-2-1-3-9-18/h1-6,8-10,12-13,16,19H,7,11,14-15,17H2,(H,25,27)/b10-6+/t19-/m0/s1. The van der Waals surface area contributed by atoms with Crippen LogP contribution in [0.5, 0.6) is 0 Å². The summed E-state index contributed by atoms with van der Waals surface area (Å²) in [5.41, 5.74) is 1.41. The number of H-pyrrole nitrogens is 1. The van der Waals surface area contributed by atoms with Crippen molar-refractivity contribution in [2.45, 2.75) is 18.9 Å². The van der Waals surface area contributed by atoms with Crippen LogP contribution in [0.3, 0.4) is 0 Å². The number of fused-ring (bicyclic) bond motifs is 1. The Balaban J connectivity index is 1.61. The molecular formula is C24H24N2O3. The minimum absolute atomic E-state index is 0.0538. The van der Waals surface area contributed by atoms with Gasteiger partial charge in [0.1, 0.15) is 0 Å². The van der Waals surface area contributed by atoms with Gasteiger partial charge in [-0.3, -0.25) is 9.59 Å². The van der Waals surface area contributed by atoms with Gasteiger partial charge in [0.25, 0.3) is 11.5 Å². The summed E-state index contributed by atoms with van der Waals surface area (Å²) >= 11 is 0. The number of rotatable bonds is 6. The van der Waals surface area contributed by atoms with Crippen LogP contribution in [0.25, 0.3) is 16.8 Å². The Hall–Kier alpha value is -3.18. The molecule has 148 valence electrons. The molecule has 0 aliphatic carbocycles. The number of aromatic nitrogens is 1. The summed E-state index contributed by atoms with van der Waals surface area (Å²) < 4.78 is 5.76. The van der Waals surface area contributed by atoms with Gasteiger partial charge in [0, 0.05) is 36.7 Å². The molecule has 4 rings (SSSR count). The Morgan fingerprint density at radius 3 is 2.62 bits per heavy atom. The van der Waals surface area contributed by atoms with E-state index in [1.54, 1.807) is 17.0 Å². The summed E-state index contributed by atoms with van der Waals surface area (Å²) in [4.78, 5) is 30.0. The van der Waals surface area contributed by atoms with E-state index in [1.165, 1.54) is 6.20 Å². The second-order valence-corrected chi connectivity index (χ2v) is 7.24. The average Bonchev–Trinajstić information content (AvgIpc) is 3.27. The van der Waals surface area contributed by atoms with Crippen molar-refractivity contribution in [3.05, 3.63) is 88.4 Å². The lowest BCUT2D eigenvalue weighted by Crippen LogP contribution is -2.38. The maximum absolute atomic E-state index is 13.4. The van der Waals surface area contributed by atoms with Crippen molar-refractivity contribution in [1.82, 2.24) is 9.88 Å². The number of hydrogen-bond donors (Lipinski definition) is 1. The number of ether oxygens (including phenoxy) is 1. The fourth-order valence-electron chi connectivity index (χ4n) is 3.71. The third-order valence-corrected chi connectivity index (χ3v) is 5.21. The van der Waals surface area contributed by atoms with Gasteiger partial charge in [-0.1, -0.05) is 60.7 Å². The Labute approximate surface area is 169 Å². The van der Waals surface area contributed by atoms with E-state index in [0.29, 0.717) is 29.4 Å². The lowest BCUT2D eigenvalue weighted by molar-refractivity contribution is 0.0555. The van der Waals surface area contributed by atoms with Crippen LogP contribution in [-0.2, 0) is 4.74 Å². The molecular weight excluding hydrogens is 364 g/mol. The number of nitrogens with one attached hydrogen (secondary N) is 1. The van der Waals surface area contributed by atoms with Crippen LogP contribution in [0.2, 0.25) is 0 Å². The molecule has 3 aromatic rings. The highest BCUT2D eigenvalue weighted by Gasteiger charge is 2.24. The highest BCUT2D eigenvalue weighted by atomic mass is 16.5. The first kappa shape index (κ1) is 19.2. The molecule has 5 nitrogen and oxygen atoms in total. The molecule has 2 aromatic carbocycles. The molecule has 29 heavy (non-hydrogen) atoms. The predicted molar refractivity (Wildman–Crippen MR) is 115 cm³/mol. The molecule has 1 fully saturated rings. The van der Waals surface area contributed by atoms with Crippen LogP contribution in [-0.4, -0.2) is 41.6 Å². The summed E-state index contributed by atoms with van der Waals surface area (Å²) in [6, 6.07) is 17.2. The van der Waals surface area contributed by atoms with Crippen molar-refractivity contribution in [2.24, 2.45) is 0 Å². The van der Waals surface area contributed by atoms with Gasteiger partial charge in [-0.25, -0.2) is 0 Å². The Morgan fingerprint density at radius 2 is 1.86 bits per heavy atom. The van der Waals surface area contributed by atoms with E-state index in [2.05, 4.69) is 4.98 Å². The zero-order valence-electron chi connectivity index (χ0n) is 16.2. The molecule has 5 heteroatoms. The second kappa shape index (κ2) is 8.88. The van der Waals surface area contributed by atoms with E-state index in [-0.39, 0.29) is 17.6 Å². The quantitative estimate of drug-likeness (QED) is 0.697. The fraction of sp³-hybridized carbons (Fsp3) is 0.250. The van der Waals surface area contributed by atoms with Gasteiger partial charge >= 0.3 is 0 Å². The number of carbonyl (C=O) groups excluding carboxylic acids is 1. The van der Waals surface area contributed by atoms with Crippen LogP contribution >= 0.6 is 0 Å². The number of aromatic amines is 1. The summed E-state index contributed by atoms with van der Waals surface area (Å²) in [6.07, 6.45) is 7.57. The van der Waals surface area contributed by atoms with Crippen molar-refractivity contribution in [1.29, 1.82) is 0 Å². The summed E-state index contributed by atoms with van der Waals surface area (Å²) in [5, 5.41) is 1.20. The lowest BCUT2D eigenvalue weighted by atomic mass is 10.1. The van der Waals surface area contributed by atoms with Gasteiger partial charge in [0.15, 0.2) is 0 Å². The van der Waals surface area contributed by atoms with Crippen LogP contribution < -0.4 is 5.56 Å². The monoisotopic (exact) mass is 388 g/mol. The third kappa shape index (κ3) is 4.46. The molecule has 1 saturated heterocycles. The van der Waals surface area contributed by atoms with Crippen molar-refractivity contribution in [3.63, 3.8) is 0 Å². The molecule has 0 radical (unpaired) electrons. The lowest BCUT2D eigenvalue weighted by Gasteiger charge is -2.25. The number of hydrogen-bond acceptors (Lipinski definition) is 3. The van der Waals surface area contributed by atoms with Crippen molar-refractivity contribution < 1.29 is 9.53 Å². The van der Waals surface area contributed by atoms with Crippen LogP contribution in [0.15, 0.2) is 71.7 Å². The number of carbonyl (C=O) groups is 1. The predicted octanol–water partition coefficient (Wildman–Crippen LogP) is 3.86. The highest BCUT2D eigenvalue weighted by Crippen LogP contribution is 2.19. The smallest absolute Gasteiger partial charge is 0.256 e. The van der Waals surface area contributed by atoms with E-state index in [1.807, 2.05) is 54.6 Å². The minimum Gasteiger partial charge on any atom is -0.376 e. The first-order valence-electron chi connectivity index (χ1n) is 9.95. The van der Waals surface area contributed by atoms with Gasteiger partial charge in [0.05, 0.1) is 11.7 Å². The topological polar surface area (TPSA) is 62.4 Å². The van der Waals surface area contributed by atoms with Gasteiger partial charge in [-0.15, -0.1) is 0 Å². The SMILES string of the molecule is O=C(c1c[nH]c(=O)c2ccccc12)N(C/C=C/c1ccccc1)C[C@@H]1CCCO1. The summed E-state index contributed by atoms with van der Waals surface area (Å²) in [5.74, 6) is -0.106. The molecule has 0 spiro atoms. The first-order valence-corrected chi connectivity index (χ1v) is 9.95. The molecule has 0 bridgehead atoms. The second-order valence-electron chi connectivity index (χ2n) is 7.24. The minimum atomic E-state index is -0.188. The number of amides is 1. The normalized spacial score (nSPS) is 16.5. The number of nitrogens with zero attached hydrogens (tertiary/aromatic N) is 1. The van der Waals surface area contributed by atoms with Gasteiger partial charge < -0.3 is 14.6 Å². The van der Waals surface area contributed by atoms with E-state index in [4.69, 9.17) is 4.74 Å². The first-order chi connectivity index (χ1) is 14.2. The van der Waals surface area contributed by atoms with Gasteiger partial charge in [0.2, 0.25) is 0 Å². The molecule has 1 atom stereocenters.